The van der Waals surface area contributed by atoms with E-state index in [2.05, 4.69) is 34.7 Å². The molecule has 2 saturated heterocycles. The van der Waals surface area contributed by atoms with E-state index in [1.165, 1.54) is 29.1 Å². The van der Waals surface area contributed by atoms with Crippen molar-refractivity contribution in [2.24, 2.45) is 11.1 Å². The van der Waals surface area contributed by atoms with Crippen LogP contribution in [0.5, 0.6) is 0 Å². The summed E-state index contributed by atoms with van der Waals surface area (Å²) in [5.41, 5.74) is 2.87. The summed E-state index contributed by atoms with van der Waals surface area (Å²) in [5.74, 6) is 2.57. The fourth-order valence-corrected chi connectivity index (χ4v) is 6.79. The van der Waals surface area contributed by atoms with Gasteiger partial charge in [-0.3, -0.25) is 14.9 Å². The summed E-state index contributed by atoms with van der Waals surface area (Å²) in [5, 5.41) is 14.8. The number of aryl methyl sites for hydroxylation is 1. The van der Waals surface area contributed by atoms with Crippen LogP contribution in [0.15, 0.2) is 29.4 Å². The van der Waals surface area contributed by atoms with Crippen molar-refractivity contribution >= 4 is 41.4 Å². The van der Waals surface area contributed by atoms with E-state index in [4.69, 9.17) is 5.21 Å². The number of amides is 1. The Bertz CT molecular complexity index is 788. The lowest BCUT2D eigenvalue weighted by Gasteiger charge is -2.27. The predicted molar refractivity (Wildman–Crippen MR) is 118 cm³/mol. The molecule has 6 nitrogen and oxygen atoms in total. The number of fused-ring (bicyclic) bond motifs is 1. The Morgan fingerprint density at radius 2 is 2.14 bits per heavy atom. The van der Waals surface area contributed by atoms with Gasteiger partial charge in [0, 0.05) is 18.1 Å². The molecule has 1 aromatic carbocycles. The molecule has 2 fully saturated rings. The molecular formula is C21H27N3O3S2. The van der Waals surface area contributed by atoms with Gasteiger partial charge in [0.2, 0.25) is 5.91 Å². The average molecular weight is 434 g/mol. The highest BCUT2D eigenvalue weighted by atomic mass is 32.2. The summed E-state index contributed by atoms with van der Waals surface area (Å²) < 4.78 is 0. The van der Waals surface area contributed by atoms with Crippen LogP contribution in [0, 0.1) is 5.92 Å². The molecule has 29 heavy (non-hydrogen) atoms. The summed E-state index contributed by atoms with van der Waals surface area (Å²) in [7, 11) is 0. The zero-order valence-electron chi connectivity index (χ0n) is 16.3. The number of Topliss-reactive ketones (excluding diaryl/α,β-unsaturated/α-hetero) is 1. The first-order valence-corrected chi connectivity index (χ1v) is 12.4. The van der Waals surface area contributed by atoms with Crippen LogP contribution in [0.4, 0.5) is 0 Å². The Morgan fingerprint density at radius 3 is 2.97 bits per heavy atom. The number of hydrogen-bond acceptors (Lipinski definition) is 7. The van der Waals surface area contributed by atoms with Crippen molar-refractivity contribution in [2.75, 3.05) is 17.5 Å². The molecule has 156 valence electrons. The maximum atomic E-state index is 13.0. The van der Waals surface area contributed by atoms with Gasteiger partial charge >= 0.3 is 0 Å². The summed E-state index contributed by atoms with van der Waals surface area (Å²) in [6, 6.07) is 7.92. The number of thioether (sulfide) groups is 2. The molecule has 0 aromatic heterocycles. The number of rotatable bonds is 6. The van der Waals surface area contributed by atoms with Gasteiger partial charge < -0.3 is 10.1 Å². The Labute approximate surface area is 179 Å². The number of oxime groups is 1. The molecule has 0 radical (unpaired) electrons. The van der Waals surface area contributed by atoms with Crippen LogP contribution in [0.1, 0.15) is 30.4 Å². The largest absolute Gasteiger partial charge is 0.411 e. The Hall–Kier alpha value is -1.51. The van der Waals surface area contributed by atoms with Crippen LogP contribution in [0.25, 0.3) is 0 Å². The second kappa shape index (κ2) is 9.53. The minimum atomic E-state index is -0.479. The monoisotopic (exact) mass is 433 g/mol. The highest BCUT2D eigenvalue weighted by Gasteiger charge is 2.42. The lowest BCUT2D eigenvalue weighted by Crippen LogP contribution is -2.51. The van der Waals surface area contributed by atoms with Gasteiger partial charge in [-0.1, -0.05) is 29.4 Å². The third-order valence-corrected chi connectivity index (χ3v) is 8.41. The molecule has 4 rings (SSSR count). The highest BCUT2D eigenvalue weighted by molar-refractivity contribution is 8.01. The molecule has 8 heteroatoms. The van der Waals surface area contributed by atoms with E-state index in [1.54, 1.807) is 16.7 Å². The van der Waals surface area contributed by atoms with Gasteiger partial charge in [0.1, 0.15) is 11.8 Å². The third kappa shape index (κ3) is 4.64. The first kappa shape index (κ1) is 20.8. The molecular weight excluding hydrogens is 406 g/mol. The number of ketones is 1. The molecule has 4 atom stereocenters. The molecule has 1 unspecified atom stereocenters. The molecule has 2 N–H and O–H groups in total. The van der Waals surface area contributed by atoms with Crippen molar-refractivity contribution in [2.45, 2.75) is 49.4 Å². The quantitative estimate of drug-likeness (QED) is 0.408. The van der Waals surface area contributed by atoms with Crippen LogP contribution in [0.2, 0.25) is 0 Å². The fourth-order valence-electron chi connectivity index (χ4n) is 4.50. The van der Waals surface area contributed by atoms with Crippen molar-refractivity contribution in [3.8, 4) is 0 Å². The lowest BCUT2D eigenvalue weighted by molar-refractivity contribution is -0.134. The van der Waals surface area contributed by atoms with Gasteiger partial charge in [-0.15, -0.1) is 23.5 Å². The molecule has 1 aliphatic carbocycles. The van der Waals surface area contributed by atoms with E-state index in [-0.39, 0.29) is 23.0 Å². The van der Waals surface area contributed by atoms with Gasteiger partial charge in [-0.05, 0) is 42.7 Å². The number of nitrogens with zero attached hydrogens (tertiary/aromatic N) is 2. The van der Waals surface area contributed by atoms with Crippen molar-refractivity contribution in [1.82, 2.24) is 10.2 Å². The smallest absolute Gasteiger partial charge is 0.242 e. The van der Waals surface area contributed by atoms with E-state index in [9.17, 15) is 9.59 Å². The Morgan fingerprint density at radius 1 is 1.31 bits per heavy atom. The predicted octanol–water partition coefficient (Wildman–Crippen LogP) is 2.53. The molecule has 2 aliphatic heterocycles. The van der Waals surface area contributed by atoms with Crippen LogP contribution < -0.4 is 5.32 Å². The average Bonchev–Trinajstić information content (AvgIpc) is 3.41. The zero-order chi connectivity index (χ0) is 20.2. The van der Waals surface area contributed by atoms with Gasteiger partial charge in [-0.25, -0.2) is 0 Å². The second-order valence-electron chi connectivity index (χ2n) is 7.94. The number of carbonyl (C=O) groups is 2. The molecule has 1 aromatic rings. The van der Waals surface area contributed by atoms with Crippen molar-refractivity contribution in [1.29, 1.82) is 0 Å². The minimum absolute atomic E-state index is 0.0603. The third-order valence-electron chi connectivity index (χ3n) is 6.14. The molecule has 1 amide bonds. The maximum absolute atomic E-state index is 13.0. The summed E-state index contributed by atoms with van der Waals surface area (Å²) in [4.78, 5) is 27.7. The highest BCUT2D eigenvalue weighted by Crippen LogP contribution is 2.31. The van der Waals surface area contributed by atoms with E-state index in [0.29, 0.717) is 24.1 Å². The van der Waals surface area contributed by atoms with E-state index >= 15 is 0 Å². The van der Waals surface area contributed by atoms with Crippen LogP contribution in [-0.4, -0.2) is 62.9 Å². The van der Waals surface area contributed by atoms with Gasteiger partial charge in [-0.2, -0.15) is 0 Å². The molecule has 3 aliphatic rings. The Balaban J connectivity index is 1.33. The van der Waals surface area contributed by atoms with E-state index in [1.807, 2.05) is 0 Å². The maximum Gasteiger partial charge on any atom is 0.242 e. The normalized spacial score (nSPS) is 29.3. The van der Waals surface area contributed by atoms with Gasteiger partial charge in [0.05, 0.1) is 23.4 Å². The zero-order valence-corrected chi connectivity index (χ0v) is 18.0. The molecule has 0 saturated carbocycles. The van der Waals surface area contributed by atoms with Gasteiger partial charge in [0.15, 0.2) is 0 Å². The van der Waals surface area contributed by atoms with Crippen LogP contribution in [-0.2, 0) is 22.4 Å². The summed E-state index contributed by atoms with van der Waals surface area (Å²) >= 11 is 3.17. The second-order valence-corrected chi connectivity index (χ2v) is 10.1. The van der Waals surface area contributed by atoms with Crippen molar-refractivity contribution in [3.05, 3.63) is 35.4 Å². The lowest BCUT2D eigenvalue weighted by atomic mass is 9.81. The molecule has 0 bridgehead atoms. The first-order chi connectivity index (χ1) is 14.2. The minimum Gasteiger partial charge on any atom is -0.411 e. The Kier molecular flexibility index (Phi) is 6.82. The number of nitrogens with one attached hydrogen (secondary N) is 1. The van der Waals surface area contributed by atoms with E-state index in [0.717, 1.165) is 31.4 Å². The number of hydrogen-bond donors (Lipinski definition) is 2. The first-order valence-electron chi connectivity index (χ1n) is 10.2. The van der Waals surface area contributed by atoms with E-state index < -0.39 is 6.04 Å². The topological polar surface area (TPSA) is 82.0 Å². The fraction of sp³-hybridized carbons (Fsp3) is 0.571. The van der Waals surface area contributed by atoms with Crippen LogP contribution in [0.3, 0.4) is 0 Å². The number of benzene rings is 1. The van der Waals surface area contributed by atoms with Crippen molar-refractivity contribution < 1.29 is 14.8 Å². The van der Waals surface area contributed by atoms with Crippen molar-refractivity contribution in [3.63, 3.8) is 0 Å². The molecule has 2 heterocycles. The number of carbonyl (C=O) groups excluding carboxylic acids is 2. The SMILES string of the molecule is O=C(CC[C@@H]1CCc2ccccc2C1)C1SCN[C@@H]1C(=O)N1CSC[C@H]1C=NO. The van der Waals surface area contributed by atoms with Crippen LogP contribution >= 0.6 is 23.5 Å². The summed E-state index contributed by atoms with van der Waals surface area (Å²) in [6.45, 7) is 0. The summed E-state index contributed by atoms with van der Waals surface area (Å²) in [6.07, 6.45) is 6.11. The molecule has 0 spiro atoms. The standard InChI is InChI=1S/C21H27N3O3S2/c25-18(8-6-14-5-7-15-3-1-2-4-16(15)9-14)20-19(22-12-29-20)21(26)24-13-28-11-17(24)10-23-27/h1-4,10,14,17,19-20,22,27H,5-9,11-13H2/t14-,17+,19-,20?/m0/s1. The van der Waals surface area contributed by atoms with Gasteiger partial charge in [0.25, 0.3) is 0 Å².